The first kappa shape index (κ1) is 16.3. The third-order valence-electron chi connectivity index (χ3n) is 2.24. The molecule has 0 aromatic heterocycles. The molecule has 0 saturated carbocycles. The standard InChI is InChI=1S/C9H10F3N3O4S/c10-7-2-1-6(3-8(7)15(16)17)20(18,19)14-5-9(11,12)4-13/h1-3,14H,4-5,13H2. The number of sulfonamides is 1. The average molecular weight is 313 g/mol. The Morgan fingerprint density at radius 1 is 1.40 bits per heavy atom. The minimum Gasteiger partial charge on any atom is -0.325 e. The highest BCUT2D eigenvalue weighted by Gasteiger charge is 2.30. The second-order valence-electron chi connectivity index (χ2n) is 3.75. The zero-order valence-corrected chi connectivity index (χ0v) is 10.7. The summed E-state index contributed by atoms with van der Waals surface area (Å²) >= 11 is 0. The zero-order valence-electron chi connectivity index (χ0n) is 9.85. The van der Waals surface area contributed by atoms with Gasteiger partial charge in [-0.05, 0) is 12.1 Å². The number of hydrogen-bond acceptors (Lipinski definition) is 5. The molecule has 0 amide bonds. The third-order valence-corrected chi connectivity index (χ3v) is 3.64. The summed E-state index contributed by atoms with van der Waals surface area (Å²) < 4.78 is 63.6. The van der Waals surface area contributed by atoms with Crippen molar-refractivity contribution in [2.75, 3.05) is 13.1 Å². The van der Waals surface area contributed by atoms with E-state index in [1.54, 1.807) is 4.72 Å². The Hall–Kier alpha value is -1.72. The second-order valence-corrected chi connectivity index (χ2v) is 5.52. The predicted molar refractivity (Wildman–Crippen MR) is 62.2 cm³/mol. The Labute approximate surface area is 111 Å². The smallest absolute Gasteiger partial charge is 0.306 e. The van der Waals surface area contributed by atoms with Crippen LogP contribution in [-0.4, -0.2) is 32.4 Å². The second kappa shape index (κ2) is 5.73. The van der Waals surface area contributed by atoms with Crippen molar-refractivity contribution in [3.8, 4) is 0 Å². The molecule has 0 atom stereocenters. The van der Waals surface area contributed by atoms with Crippen LogP contribution >= 0.6 is 0 Å². The summed E-state index contributed by atoms with van der Waals surface area (Å²) in [5.74, 6) is -4.69. The fraction of sp³-hybridized carbons (Fsp3) is 0.333. The molecule has 112 valence electrons. The van der Waals surface area contributed by atoms with Crippen molar-refractivity contribution >= 4 is 15.7 Å². The van der Waals surface area contributed by atoms with E-state index in [4.69, 9.17) is 5.73 Å². The molecule has 1 aromatic rings. The molecule has 0 aliphatic rings. The summed E-state index contributed by atoms with van der Waals surface area (Å²) in [6.45, 7) is -2.34. The number of alkyl halides is 2. The van der Waals surface area contributed by atoms with E-state index in [0.29, 0.717) is 12.1 Å². The molecule has 0 aliphatic heterocycles. The van der Waals surface area contributed by atoms with Crippen LogP contribution in [0.2, 0.25) is 0 Å². The Kier molecular flexibility index (Phi) is 4.68. The van der Waals surface area contributed by atoms with E-state index in [0.717, 1.165) is 6.07 Å². The van der Waals surface area contributed by atoms with Crippen LogP contribution in [0.15, 0.2) is 23.1 Å². The maximum absolute atomic E-state index is 13.0. The molecule has 0 aliphatic carbocycles. The third kappa shape index (κ3) is 3.88. The van der Waals surface area contributed by atoms with Gasteiger partial charge in [0, 0.05) is 6.07 Å². The van der Waals surface area contributed by atoms with Crippen molar-refractivity contribution in [2.45, 2.75) is 10.8 Å². The van der Waals surface area contributed by atoms with Gasteiger partial charge >= 0.3 is 5.69 Å². The molecule has 0 radical (unpaired) electrons. The monoisotopic (exact) mass is 313 g/mol. The van der Waals surface area contributed by atoms with Gasteiger partial charge in [0.05, 0.1) is 22.9 Å². The van der Waals surface area contributed by atoms with Crippen molar-refractivity contribution in [1.82, 2.24) is 4.72 Å². The van der Waals surface area contributed by atoms with Gasteiger partial charge in [-0.15, -0.1) is 0 Å². The van der Waals surface area contributed by atoms with Gasteiger partial charge in [-0.1, -0.05) is 0 Å². The lowest BCUT2D eigenvalue weighted by atomic mass is 10.3. The van der Waals surface area contributed by atoms with E-state index in [1.165, 1.54) is 0 Å². The van der Waals surface area contributed by atoms with Crippen molar-refractivity contribution < 1.29 is 26.5 Å². The summed E-state index contributed by atoms with van der Waals surface area (Å²) in [6, 6.07) is 1.73. The predicted octanol–water partition coefficient (Wildman–Crippen LogP) is 0.606. The summed E-state index contributed by atoms with van der Waals surface area (Å²) in [4.78, 5) is 8.66. The molecule has 3 N–H and O–H groups in total. The number of nitro groups is 1. The summed E-state index contributed by atoms with van der Waals surface area (Å²) in [6.07, 6.45) is 0. The van der Waals surface area contributed by atoms with Crippen molar-refractivity contribution in [1.29, 1.82) is 0 Å². The number of halogens is 3. The molecule has 0 saturated heterocycles. The summed E-state index contributed by atoms with van der Waals surface area (Å²) in [5, 5.41) is 10.5. The molecular formula is C9H10F3N3O4S. The highest BCUT2D eigenvalue weighted by atomic mass is 32.2. The van der Waals surface area contributed by atoms with Gasteiger partial charge in [-0.2, -0.15) is 4.39 Å². The highest BCUT2D eigenvalue weighted by Crippen LogP contribution is 2.21. The molecule has 0 heterocycles. The lowest BCUT2D eigenvalue weighted by Crippen LogP contribution is -2.41. The van der Waals surface area contributed by atoms with Gasteiger partial charge in [-0.25, -0.2) is 21.9 Å². The maximum Gasteiger partial charge on any atom is 0.306 e. The van der Waals surface area contributed by atoms with Crippen molar-refractivity contribution in [3.63, 3.8) is 0 Å². The van der Waals surface area contributed by atoms with E-state index in [1.807, 2.05) is 0 Å². The summed E-state index contributed by atoms with van der Waals surface area (Å²) in [7, 11) is -4.43. The number of nitrogens with two attached hydrogens (primary N) is 1. The fourth-order valence-electron chi connectivity index (χ4n) is 1.16. The van der Waals surface area contributed by atoms with Crippen LogP contribution in [-0.2, 0) is 10.0 Å². The van der Waals surface area contributed by atoms with Gasteiger partial charge in [0.1, 0.15) is 0 Å². The van der Waals surface area contributed by atoms with Crippen LogP contribution in [0.25, 0.3) is 0 Å². The fourth-order valence-corrected chi connectivity index (χ4v) is 2.24. The minimum absolute atomic E-state index is 0.443. The first-order chi connectivity index (χ1) is 9.09. The number of nitrogens with zero attached hydrogens (tertiary/aromatic N) is 1. The molecule has 0 fully saturated rings. The molecule has 11 heteroatoms. The van der Waals surface area contributed by atoms with E-state index in [2.05, 4.69) is 0 Å². The van der Waals surface area contributed by atoms with E-state index in [9.17, 15) is 31.7 Å². The molecular weight excluding hydrogens is 303 g/mol. The van der Waals surface area contributed by atoms with Crippen LogP contribution in [0, 0.1) is 15.9 Å². The molecule has 0 unspecified atom stereocenters. The minimum atomic E-state index is -4.43. The van der Waals surface area contributed by atoms with Crippen LogP contribution in [0.4, 0.5) is 18.9 Å². The number of nitro benzene ring substituents is 1. The molecule has 0 spiro atoms. The Morgan fingerprint density at radius 3 is 2.50 bits per heavy atom. The number of rotatable bonds is 6. The van der Waals surface area contributed by atoms with E-state index < -0.39 is 50.4 Å². The van der Waals surface area contributed by atoms with Crippen molar-refractivity contribution in [2.24, 2.45) is 5.73 Å². The molecule has 20 heavy (non-hydrogen) atoms. The first-order valence-electron chi connectivity index (χ1n) is 5.10. The topological polar surface area (TPSA) is 115 Å². The maximum atomic E-state index is 13.0. The SMILES string of the molecule is NCC(F)(F)CNS(=O)(=O)c1ccc(F)c([N+](=O)[O-])c1. The highest BCUT2D eigenvalue weighted by molar-refractivity contribution is 7.89. The van der Waals surface area contributed by atoms with Crippen LogP contribution in [0.1, 0.15) is 0 Å². The van der Waals surface area contributed by atoms with E-state index in [-0.39, 0.29) is 0 Å². The number of hydrogen-bond donors (Lipinski definition) is 2. The van der Waals surface area contributed by atoms with Gasteiger partial charge < -0.3 is 5.73 Å². The van der Waals surface area contributed by atoms with Gasteiger partial charge in [0.2, 0.25) is 15.8 Å². The van der Waals surface area contributed by atoms with Crippen LogP contribution in [0.3, 0.4) is 0 Å². The van der Waals surface area contributed by atoms with Gasteiger partial charge in [0.25, 0.3) is 5.92 Å². The lowest BCUT2D eigenvalue weighted by Gasteiger charge is -2.14. The van der Waals surface area contributed by atoms with Crippen LogP contribution in [0.5, 0.6) is 0 Å². The first-order valence-corrected chi connectivity index (χ1v) is 6.59. The van der Waals surface area contributed by atoms with Crippen LogP contribution < -0.4 is 10.5 Å². The molecule has 0 bridgehead atoms. The van der Waals surface area contributed by atoms with E-state index >= 15 is 0 Å². The molecule has 1 rings (SSSR count). The summed E-state index contributed by atoms with van der Waals surface area (Å²) in [5.41, 5.74) is 3.66. The van der Waals surface area contributed by atoms with Crippen molar-refractivity contribution in [3.05, 3.63) is 34.1 Å². The quantitative estimate of drug-likeness (QED) is 0.589. The number of nitrogens with one attached hydrogen (secondary N) is 1. The molecule has 1 aromatic carbocycles. The van der Waals surface area contributed by atoms with Gasteiger partial charge in [0.15, 0.2) is 0 Å². The average Bonchev–Trinajstić information content (AvgIpc) is 2.36. The Morgan fingerprint density at radius 2 is 2.00 bits per heavy atom. The Bertz CT molecular complexity index is 621. The van der Waals surface area contributed by atoms with Gasteiger partial charge in [-0.3, -0.25) is 10.1 Å². The Balaban J connectivity index is 3.05. The zero-order chi connectivity index (χ0) is 15.6. The molecule has 7 nitrogen and oxygen atoms in total. The normalized spacial score (nSPS) is 12.4. The number of benzene rings is 1. The lowest BCUT2D eigenvalue weighted by molar-refractivity contribution is -0.387. The largest absolute Gasteiger partial charge is 0.325 e.